The molecule has 5 rings (SSSR count). The molecule has 0 radical (unpaired) electrons. The second-order valence-corrected chi connectivity index (χ2v) is 7.03. The van der Waals surface area contributed by atoms with Gasteiger partial charge in [0.1, 0.15) is 6.17 Å². The maximum absolute atomic E-state index is 12.8. The first-order valence-electron chi connectivity index (χ1n) is 8.74. The Hall–Kier alpha value is -2.90. The molecule has 2 fully saturated rings. The fraction of sp³-hybridized carbons (Fsp3) is 0.444. The Morgan fingerprint density at radius 1 is 1.23 bits per heavy atom. The van der Waals surface area contributed by atoms with Crippen LogP contribution < -0.4 is 10.6 Å². The Labute approximate surface area is 150 Å². The normalized spacial score (nSPS) is 30.3. The summed E-state index contributed by atoms with van der Waals surface area (Å²) in [6, 6.07) is 2.28. The number of aromatic nitrogens is 1. The standard InChI is InChI=1S/C18H20N4O4/c1-9(20-18(26)21-15-12(23)3-2-8-19-15)22-16(24)13-10-4-5-11(7-6-10)14(13)17(22)25/h2-5,8-11,13-14,23H,6-7H2,1H3,(H2,19,20,21,26). The molecule has 0 aromatic carbocycles. The van der Waals surface area contributed by atoms with Crippen LogP contribution in [-0.2, 0) is 9.59 Å². The number of carbonyl (C=O) groups is 3. The first kappa shape index (κ1) is 16.6. The molecule has 4 aliphatic rings. The van der Waals surface area contributed by atoms with Crippen LogP contribution in [0.25, 0.3) is 0 Å². The average Bonchev–Trinajstić information content (AvgIpc) is 2.91. The number of nitrogens with zero attached hydrogens (tertiary/aromatic N) is 2. The predicted octanol–water partition coefficient (Wildman–Crippen LogP) is 1.45. The van der Waals surface area contributed by atoms with Crippen LogP contribution in [0.15, 0.2) is 30.5 Å². The Morgan fingerprint density at radius 2 is 1.85 bits per heavy atom. The van der Waals surface area contributed by atoms with Gasteiger partial charge in [0, 0.05) is 6.20 Å². The molecule has 3 aliphatic carbocycles. The van der Waals surface area contributed by atoms with Gasteiger partial charge in [-0.25, -0.2) is 9.78 Å². The summed E-state index contributed by atoms with van der Waals surface area (Å²) in [6.07, 6.45) is 6.61. The molecule has 1 aliphatic heterocycles. The maximum Gasteiger partial charge on any atom is 0.322 e. The largest absolute Gasteiger partial charge is 0.504 e. The van der Waals surface area contributed by atoms with Crippen molar-refractivity contribution in [1.82, 2.24) is 15.2 Å². The van der Waals surface area contributed by atoms with E-state index in [0.717, 1.165) is 12.8 Å². The van der Waals surface area contributed by atoms with Gasteiger partial charge in [0.05, 0.1) is 11.8 Å². The molecule has 1 aromatic heterocycles. The third kappa shape index (κ3) is 2.53. The van der Waals surface area contributed by atoms with E-state index < -0.39 is 12.2 Å². The molecule has 3 N–H and O–H groups in total. The van der Waals surface area contributed by atoms with Crippen LogP contribution in [-0.4, -0.2) is 39.0 Å². The number of amides is 4. The summed E-state index contributed by atoms with van der Waals surface area (Å²) < 4.78 is 0. The van der Waals surface area contributed by atoms with Crippen LogP contribution in [0, 0.1) is 23.7 Å². The highest BCUT2D eigenvalue weighted by Gasteiger charge is 2.57. The molecular formula is C18H20N4O4. The zero-order valence-corrected chi connectivity index (χ0v) is 14.3. The fourth-order valence-corrected chi connectivity index (χ4v) is 4.37. The van der Waals surface area contributed by atoms with Crippen molar-refractivity contribution in [2.75, 3.05) is 5.32 Å². The lowest BCUT2D eigenvalue weighted by molar-refractivity contribution is -0.142. The lowest BCUT2D eigenvalue weighted by atomic mass is 9.63. The van der Waals surface area contributed by atoms with Crippen molar-refractivity contribution in [3.8, 4) is 5.75 Å². The van der Waals surface area contributed by atoms with E-state index in [9.17, 15) is 19.5 Å². The molecule has 5 atom stereocenters. The lowest BCUT2D eigenvalue weighted by Gasteiger charge is -2.38. The van der Waals surface area contributed by atoms with E-state index in [0.29, 0.717) is 0 Å². The summed E-state index contributed by atoms with van der Waals surface area (Å²) in [7, 11) is 0. The van der Waals surface area contributed by atoms with Crippen molar-refractivity contribution >= 4 is 23.7 Å². The number of allylic oxidation sites excluding steroid dienone is 2. The number of pyridine rings is 1. The molecule has 1 saturated heterocycles. The molecule has 4 amide bonds. The summed E-state index contributed by atoms with van der Waals surface area (Å²) in [5, 5.41) is 14.7. The number of imide groups is 1. The molecular weight excluding hydrogens is 336 g/mol. The topological polar surface area (TPSA) is 112 Å². The molecule has 136 valence electrons. The van der Waals surface area contributed by atoms with Gasteiger partial charge in [-0.1, -0.05) is 12.2 Å². The van der Waals surface area contributed by atoms with Gasteiger partial charge in [-0.15, -0.1) is 0 Å². The minimum absolute atomic E-state index is 0.00666. The Bertz CT molecular complexity index is 776. The minimum atomic E-state index is -0.786. The number of anilines is 1. The van der Waals surface area contributed by atoms with Crippen molar-refractivity contribution in [2.24, 2.45) is 23.7 Å². The second-order valence-electron chi connectivity index (χ2n) is 7.03. The van der Waals surface area contributed by atoms with Crippen LogP contribution in [0.3, 0.4) is 0 Å². The molecule has 2 heterocycles. The van der Waals surface area contributed by atoms with Crippen LogP contribution in [0.5, 0.6) is 5.75 Å². The van der Waals surface area contributed by atoms with Gasteiger partial charge >= 0.3 is 6.03 Å². The van der Waals surface area contributed by atoms with Crippen LogP contribution in [0.2, 0.25) is 0 Å². The highest BCUT2D eigenvalue weighted by Crippen LogP contribution is 2.49. The monoisotopic (exact) mass is 356 g/mol. The molecule has 2 bridgehead atoms. The highest BCUT2D eigenvalue weighted by atomic mass is 16.3. The number of hydrogen-bond donors (Lipinski definition) is 3. The molecule has 8 nitrogen and oxygen atoms in total. The van der Waals surface area contributed by atoms with E-state index in [-0.39, 0.29) is 47.1 Å². The minimum Gasteiger partial charge on any atom is -0.504 e. The van der Waals surface area contributed by atoms with Gasteiger partial charge in [-0.3, -0.25) is 19.8 Å². The molecule has 1 saturated carbocycles. The van der Waals surface area contributed by atoms with Crippen molar-refractivity contribution in [3.05, 3.63) is 30.5 Å². The third-order valence-electron chi connectivity index (χ3n) is 5.54. The number of aromatic hydroxyl groups is 1. The molecule has 8 heteroatoms. The Kier molecular flexibility index (Phi) is 3.90. The van der Waals surface area contributed by atoms with E-state index in [1.54, 1.807) is 6.92 Å². The quantitative estimate of drug-likeness (QED) is 0.561. The smallest absolute Gasteiger partial charge is 0.322 e. The van der Waals surface area contributed by atoms with Crippen molar-refractivity contribution < 1.29 is 19.5 Å². The Morgan fingerprint density at radius 3 is 2.38 bits per heavy atom. The van der Waals surface area contributed by atoms with E-state index in [4.69, 9.17) is 0 Å². The van der Waals surface area contributed by atoms with Gasteiger partial charge in [-0.05, 0) is 43.7 Å². The van der Waals surface area contributed by atoms with Gasteiger partial charge in [0.2, 0.25) is 11.8 Å². The van der Waals surface area contributed by atoms with Gasteiger partial charge in [0.25, 0.3) is 0 Å². The molecule has 5 unspecified atom stereocenters. The van der Waals surface area contributed by atoms with Crippen LogP contribution in [0.4, 0.5) is 10.6 Å². The number of urea groups is 1. The predicted molar refractivity (Wildman–Crippen MR) is 91.7 cm³/mol. The van der Waals surface area contributed by atoms with Gasteiger partial charge < -0.3 is 10.4 Å². The highest BCUT2D eigenvalue weighted by molar-refractivity contribution is 6.06. The number of carbonyl (C=O) groups excluding carboxylic acids is 3. The van der Waals surface area contributed by atoms with Crippen LogP contribution >= 0.6 is 0 Å². The van der Waals surface area contributed by atoms with Crippen molar-refractivity contribution in [2.45, 2.75) is 25.9 Å². The number of likely N-dealkylation sites (tertiary alicyclic amines) is 1. The Balaban J connectivity index is 1.46. The van der Waals surface area contributed by atoms with Gasteiger partial charge in [-0.2, -0.15) is 0 Å². The van der Waals surface area contributed by atoms with Crippen molar-refractivity contribution in [1.29, 1.82) is 0 Å². The van der Waals surface area contributed by atoms with E-state index in [1.807, 2.05) is 0 Å². The SMILES string of the molecule is CC(NC(=O)Nc1ncccc1O)N1C(=O)C2C3C=CC(CC3)C2C1=O. The first-order valence-corrected chi connectivity index (χ1v) is 8.74. The second kappa shape index (κ2) is 6.12. The zero-order chi connectivity index (χ0) is 18.4. The summed E-state index contributed by atoms with van der Waals surface area (Å²) in [5.41, 5.74) is 0. The maximum atomic E-state index is 12.8. The summed E-state index contributed by atoms with van der Waals surface area (Å²) in [5.74, 6) is -0.989. The van der Waals surface area contributed by atoms with E-state index in [1.165, 1.54) is 23.2 Å². The fourth-order valence-electron chi connectivity index (χ4n) is 4.37. The number of nitrogens with one attached hydrogen (secondary N) is 2. The van der Waals surface area contributed by atoms with E-state index >= 15 is 0 Å². The number of rotatable bonds is 3. The molecule has 0 spiro atoms. The van der Waals surface area contributed by atoms with E-state index in [2.05, 4.69) is 27.8 Å². The zero-order valence-electron chi connectivity index (χ0n) is 14.3. The van der Waals surface area contributed by atoms with Crippen molar-refractivity contribution in [3.63, 3.8) is 0 Å². The van der Waals surface area contributed by atoms with Gasteiger partial charge in [0.15, 0.2) is 11.6 Å². The summed E-state index contributed by atoms with van der Waals surface area (Å²) >= 11 is 0. The average molecular weight is 356 g/mol. The third-order valence-corrected chi connectivity index (χ3v) is 5.54. The molecule has 1 aromatic rings. The first-order chi connectivity index (χ1) is 12.5. The van der Waals surface area contributed by atoms with Crippen LogP contribution in [0.1, 0.15) is 19.8 Å². The number of fused-ring (bicyclic) bond motifs is 1. The number of hydrogen-bond acceptors (Lipinski definition) is 5. The summed E-state index contributed by atoms with van der Waals surface area (Å²) in [4.78, 5) is 42.8. The summed E-state index contributed by atoms with van der Waals surface area (Å²) in [6.45, 7) is 1.60. The lowest BCUT2D eigenvalue weighted by Crippen LogP contribution is -2.50. The molecule has 26 heavy (non-hydrogen) atoms.